The number of carbonyl (C=O) groups excluding carboxylic acids is 1. The Labute approximate surface area is 166 Å². The molecule has 5 atom stereocenters. The Kier molecular flexibility index (Phi) is 5.69. The van der Waals surface area contributed by atoms with Crippen molar-refractivity contribution in [3.63, 3.8) is 0 Å². The number of aliphatic hydroxyl groups is 1. The number of nitrogens with zero attached hydrogens (tertiary/aromatic N) is 2. The van der Waals surface area contributed by atoms with Crippen LogP contribution in [0.15, 0.2) is 29.3 Å². The number of primary amides is 1. The second kappa shape index (κ2) is 8.21. The van der Waals surface area contributed by atoms with Crippen LogP contribution in [-0.2, 0) is 9.53 Å². The minimum Gasteiger partial charge on any atom is -0.475 e. The summed E-state index contributed by atoms with van der Waals surface area (Å²) < 4.78 is 5.78. The lowest BCUT2D eigenvalue weighted by atomic mass is 9.72. The quantitative estimate of drug-likeness (QED) is 0.810. The number of piperidine rings is 1. The molecule has 0 aromatic heterocycles. The molecule has 1 saturated heterocycles. The Balaban J connectivity index is 1.44. The summed E-state index contributed by atoms with van der Waals surface area (Å²) in [6, 6.07) is 7.36. The van der Waals surface area contributed by atoms with E-state index in [0.717, 1.165) is 24.1 Å². The third-order valence-electron chi connectivity index (χ3n) is 6.75. The van der Waals surface area contributed by atoms with Gasteiger partial charge in [0.1, 0.15) is 12.6 Å². The predicted molar refractivity (Wildman–Crippen MR) is 108 cm³/mol. The van der Waals surface area contributed by atoms with Crippen LogP contribution in [0.3, 0.4) is 0 Å². The van der Waals surface area contributed by atoms with Gasteiger partial charge < -0.3 is 15.6 Å². The molecule has 4 rings (SSSR count). The fraction of sp³-hybridized carbons (Fsp3) is 0.636. The number of β-amino-alcohol motifs (C(OH)–C–C–N with tert-alkyl or cyclic N) is 1. The van der Waals surface area contributed by atoms with Crippen LogP contribution < -0.4 is 5.73 Å². The molecular formula is C22H31N3O3. The van der Waals surface area contributed by atoms with E-state index in [1.165, 1.54) is 25.7 Å². The number of hydrogen-bond donors (Lipinski definition) is 2. The van der Waals surface area contributed by atoms with Crippen molar-refractivity contribution in [3.8, 4) is 0 Å². The van der Waals surface area contributed by atoms with Gasteiger partial charge in [-0.3, -0.25) is 9.69 Å². The van der Waals surface area contributed by atoms with Gasteiger partial charge in [-0.05, 0) is 43.2 Å². The Morgan fingerprint density at radius 2 is 2.07 bits per heavy atom. The fourth-order valence-electron chi connectivity index (χ4n) is 5.11. The predicted octanol–water partition coefficient (Wildman–Crippen LogP) is 1.87. The maximum absolute atomic E-state index is 12.1. The number of amides is 1. The lowest BCUT2D eigenvalue weighted by Gasteiger charge is -2.45. The number of rotatable bonds is 5. The van der Waals surface area contributed by atoms with Crippen molar-refractivity contribution in [1.29, 1.82) is 0 Å². The van der Waals surface area contributed by atoms with Crippen LogP contribution in [0.5, 0.6) is 0 Å². The summed E-state index contributed by atoms with van der Waals surface area (Å²) >= 11 is 0. The molecule has 1 aliphatic carbocycles. The number of nitrogens with two attached hydrogens (primary N) is 1. The van der Waals surface area contributed by atoms with Crippen LogP contribution in [0, 0.1) is 18.8 Å². The number of likely N-dealkylation sites (tertiary alicyclic amines) is 1. The van der Waals surface area contributed by atoms with Crippen LogP contribution in [0.1, 0.15) is 43.2 Å². The van der Waals surface area contributed by atoms with Crippen LogP contribution in [-0.4, -0.2) is 59.7 Å². The van der Waals surface area contributed by atoms with Crippen molar-refractivity contribution in [2.75, 3.05) is 19.7 Å². The van der Waals surface area contributed by atoms with Gasteiger partial charge in [0, 0.05) is 18.7 Å². The normalized spacial score (nSPS) is 31.6. The maximum Gasteiger partial charge on any atom is 0.234 e. The Morgan fingerprint density at radius 1 is 1.32 bits per heavy atom. The SMILES string of the molecule is Cc1ccccc1C1=N[C@H](C(O)CN2CC3CCCCC3CC2C(N)=O)CO1. The molecule has 0 spiro atoms. The van der Waals surface area contributed by atoms with E-state index in [1.54, 1.807) is 0 Å². The summed E-state index contributed by atoms with van der Waals surface area (Å²) in [6.45, 7) is 3.65. The van der Waals surface area contributed by atoms with Crippen LogP contribution in [0.2, 0.25) is 0 Å². The molecule has 1 saturated carbocycles. The molecule has 2 fully saturated rings. The first-order valence-corrected chi connectivity index (χ1v) is 10.5. The first-order chi connectivity index (χ1) is 13.5. The maximum atomic E-state index is 12.1. The van der Waals surface area contributed by atoms with Crippen LogP contribution in [0.25, 0.3) is 0 Å². The van der Waals surface area contributed by atoms with Gasteiger partial charge in [-0.25, -0.2) is 4.99 Å². The summed E-state index contributed by atoms with van der Waals surface area (Å²) in [6.07, 6.45) is 5.08. The van der Waals surface area contributed by atoms with E-state index in [9.17, 15) is 9.90 Å². The molecule has 0 bridgehead atoms. The van der Waals surface area contributed by atoms with Crippen molar-refractivity contribution < 1.29 is 14.6 Å². The highest BCUT2D eigenvalue weighted by Crippen LogP contribution is 2.38. The van der Waals surface area contributed by atoms with E-state index >= 15 is 0 Å². The van der Waals surface area contributed by atoms with Gasteiger partial charge in [-0.15, -0.1) is 0 Å². The molecule has 2 heterocycles. The Hall–Kier alpha value is -1.92. The van der Waals surface area contributed by atoms with E-state index in [1.807, 2.05) is 31.2 Å². The summed E-state index contributed by atoms with van der Waals surface area (Å²) in [5.74, 6) is 1.53. The van der Waals surface area contributed by atoms with Gasteiger partial charge in [0.2, 0.25) is 11.8 Å². The second-order valence-corrected chi connectivity index (χ2v) is 8.61. The molecule has 1 amide bonds. The zero-order valence-electron chi connectivity index (χ0n) is 16.6. The highest BCUT2D eigenvalue weighted by molar-refractivity contribution is 5.96. The van der Waals surface area contributed by atoms with Crippen LogP contribution >= 0.6 is 0 Å². The van der Waals surface area contributed by atoms with Gasteiger partial charge in [-0.1, -0.05) is 37.5 Å². The number of aliphatic imine (C=N–C) groups is 1. The summed E-state index contributed by atoms with van der Waals surface area (Å²) in [5, 5.41) is 10.8. The topological polar surface area (TPSA) is 88.2 Å². The zero-order valence-corrected chi connectivity index (χ0v) is 16.6. The first-order valence-electron chi connectivity index (χ1n) is 10.5. The minimum atomic E-state index is -0.677. The third-order valence-corrected chi connectivity index (χ3v) is 6.75. The number of hydrogen-bond acceptors (Lipinski definition) is 5. The molecule has 0 radical (unpaired) electrons. The first kappa shape index (κ1) is 19.4. The molecule has 3 aliphatic rings. The van der Waals surface area contributed by atoms with Crippen molar-refractivity contribution in [1.82, 2.24) is 4.90 Å². The van der Waals surface area contributed by atoms with Gasteiger partial charge in [0.05, 0.1) is 12.1 Å². The molecule has 3 N–H and O–H groups in total. The van der Waals surface area contributed by atoms with Gasteiger partial charge in [0.25, 0.3) is 0 Å². The van der Waals surface area contributed by atoms with E-state index in [0.29, 0.717) is 30.9 Å². The smallest absolute Gasteiger partial charge is 0.234 e. The number of carbonyl (C=O) groups is 1. The summed E-state index contributed by atoms with van der Waals surface area (Å²) in [4.78, 5) is 18.8. The molecule has 6 nitrogen and oxygen atoms in total. The lowest BCUT2D eigenvalue weighted by Crippen LogP contribution is -2.56. The standard InChI is InChI=1S/C22H31N3O3/c1-14-6-2-5-9-17(14)22-24-18(13-28-22)20(26)12-25-11-16-8-4-3-7-15(16)10-19(25)21(23)27/h2,5-6,9,15-16,18-20,26H,3-4,7-8,10-13H2,1H3,(H2,23,27)/t15?,16?,18-,19?,20?/m0/s1. The molecule has 1 aromatic carbocycles. The van der Waals surface area contributed by atoms with Gasteiger partial charge in [-0.2, -0.15) is 0 Å². The number of benzene rings is 1. The highest BCUT2D eigenvalue weighted by atomic mass is 16.5. The molecule has 6 heteroatoms. The van der Waals surface area contributed by atoms with Crippen LogP contribution in [0.4, 0.5) is 0 Å². The van der Waals surface area contributed by atoms with E-state index in [-0.39, 0.29) is 18.0 Å². The number of aryl methyl sites for hydroxylation is 1. The average molecular weight is 386 g/mol. The van der Waals surface area contributed by atoms with Crippen molar-refractivity contribution in [2.24, 2.45) is 22.6 Å². The summed E-state index contributed by atoms with van der Waals surface area (Å²) in [7, 11) is 0. The zero-order chi connectivity index (χ0) is 19.7. The van der Waals surface area contributed by atoms with Crippen molar-refractivity contribution >= 4 is 11.8 Å². The number of aliphatic hydroxyl groups excluding tert-OH is 1. The van der Waals surface area contributed by atoms with E-state index in [2.05, 4.69) is 9.89 Å². The Bertz CT molecular complexity index is 750. The monoisotopic (exact) mass is 385 g/mol. The molecule has 152 valence electrons. The third kappa shape index (κ3) is 3.94. The molecule has 1 aromatic rings. The van der Waals surface area contributed by atoms with E-state index < -0.39 is 6.10 Å². The number of ether oxygens (including phenoxy) is 1. The van der Waals surface area contributed by atoms with Gasteiger partial charge in [0.15, 0.2) is 0 Å². The van der Waals surface area contributed by atoms with Crippen molar-refractivity contribution in [2.45, 2.75) is 57.2 Å². The molecule has 4 unspecified atom stereocenters. The van der Waals surface area contributed by atoms with Crippen molar-refractivity contribution in [3.05, 3.63) is 35.4 Å². The van der Waals surface area contributed by atoms with E-state index in [4.69, 9.17) is 10.5 Å². The van der Waals surface area contributed by atoms with Gasteiger partial charge >= 0.3 is 0 Å². The average Bonchev–Trinajstić information content (AvgIpc) is 3.18. The minimum absolute atomic E-state index is 0.275. The Morgan fingerprint density at radius 3 is 2.82 bits per heavy atom. The highest BCUT2D eigenvalue weighted by Gasteiger charge is 2.40. The fourth-order valence-corrected chi connectivity index (χ4v) is 5.11. The number of fused-ring (bicyclic) bond motifs is 1. The second-order valence-electron chi connectivity index (χ2n) is 8.61. The summed E-state index contributed by atoms with van der Waals surface area (Å²) in [5.41, 5.74) is 7.78. The molecule has 2 aliphatic heterocycles. The largest absolute Gasteiger partial charge is 0.475 e. The lowest BCUT2D eigenvalue weighted by molar-refractivity contribution is -0.127. The molecular weight excluding hydrogens is 354 g/mol. The molecule has 28 heavy (non-hydrogen) atoms.